The van der Waals surface area contributed by atoms with Gasteiger partial charge in [-0.2, -0.15) is 0 Å². The predicted molar refractivity (Wildman–Crippen MR) is 143 cm³/mol. The van der Waals surface area contributed by atoms with Crippen molar-refractivity contribution < 1.29 is 14.3 Å². The average Bonchev–Trinajstić information content (AvgIpc) is 3.29. The lowest BCUT2D eigenvalue weighted by Crippen LogP contribution is -2.39. The van der Waals surface area contributed by atoms with Gasteiger partial charge in [0, 0.05) is 6.42 Å². The molecule has 0 saturated heterocycles. The average molecular weight is 473 g/mol. The minimum absolute atomic E-state index is 0.0748. The van der Waals surface area contributed by atoms with Gasteiger partial charge in [0.1, 0.15) is 5.29 Å². The van der Waals surface area contributed by atoms with Gasteiger partial charge in [0.25, 0.3) is 0 Å². The van der Waals surface area contributed by atoms with Crippen LogP contribution in [0.1, 0.15) is 46.0 Å². The summed E-state index contributed by atoms with van der Waals surface area (Å²) >= 11 is 0. The highest BCUT2D eigenvalue weighted by molar-refractivity contribution is 7.97. The van der Waals surface area contributed by atoms with E-state index in [2.05, 4.69) is 43.3 Å². The molecule has 0 heterocycles. The second-order valence-electron chi connectivity index (χ2n) is 9.36. The van der Waals surface area contributed by atoms with E-state index in [0.717, 1.165) is 41.6 Å². The molecule has 176 valence electrons. The standard InChI is InChI=1S/C30H33O3P/c1-3-33-29(32)28(27(31)23-30(2)21-13-14-22-30)34(24-15-7-4-8-16-24,25-17-9-5-10-18-25)26-19-11-6-12-20-26/h4-12,15-20H,3,13-14,21-23H2,1-2H3. The maximum atomic E-state index is 14.3. The van der Waals surface area contributed by atoms with Crippen molar-refractivity contribution >= 4 is 39.8 Å². The number of hydrogen-bond acceptors (Lipinski definition) is 3. The molecule has 3 nitrogen and oxygen atoms in total. The first-order valence-corrected chi connectivity index (χ1v) is 13.9. The lowest BCUT2D eigenvalue weighted by atomic mass is 9.83. The van der Waals surface area contributed by atoms with Crippen LogP contribution >= 0.6 is 6.89 Å². The Morgan fingerprint density at radius 2 is 1.18 bits per heavy atom. The quantitative estimate of drug-likeness (QED) is 0.255. The number of rotatable bonds is 8. The normalized spacial score (nSPS) is 15.0. The third-order valence-electron chi connectivity index (χ3n) is 6.90. The van der Waals surface area contributed by atoms with Crippen molar-refractivity contribution in [2.45, 2.75) is 46.0 Å². The monoisotopic (exact) mass is 472 g/mol. The van der Waals surface area contributed by atoms with Crippen LogP contribution < -0.4 is 15.9 Å². The summed E-state index contributed by atoms with van der Waals surface area (Å²) in [6.07, 6.45) is 4.67. The van der Waals surface area contributed by atoms with Crippen LogP contribution in [-0.4, -0.2) is 23.7 Å². The van der Waals surface area contributed by atoms with Crippen LogP contribution in [-0.2, 0) is 14.3 Å². The molecule has 0 N–H and O–H groups in total. The van der Waals surface area contributed by atoms with Gasteiger partial charge in [0.05, 0.1) is 6.61 Å². The lowest BCUT2D eigenvalue weighted by molar-refractivity contribution is -0.135. The Bertz CT molecular complexity index is 1070. The summed E-state index contributed by atoms with van der Waals surface area (Å²) in [5.74, 6) is -0.563. The number of ether oxygens (including phenoxy) is 1. The minimum Gasteiger partial charge on any atom is -0.462 e. The number of esters is 1. The van der Waals surface area contributed by atoms with Gasteiger partial charge in [-0.25, -0.2) is 4.79 Å². The number of ketones is 1. The molecule has 1 fully saturated rings. The van der Waals surface area contributed by atoms with E-state index in [1.165, 1.54) is 0 Å². The van der Waals surface area contributed by atoms with Gasteiger partial charge in [-0.1, -0.05) is 111 Å². The second-order valence-corrected chi connectivity index (χ2v) is 12.7. The molecular weight excluding hydrogens is 439 g/mol. The molecule has 4 rings (SSSR count). The molecule has 0 aromatic heterocycles. The van der Waals surface area contributed by atoms with Crippen molar-refractivity contribution in [2.24, 2.45) is 5.41 Å². The zero-order chi connectivity index (χ0) is 24.0. The van der Waals surface area contributed by atoms with E-state index in [4.69, 9.17) is 4.74 Å². The van der Waals surface area contributed by atoms with E-state index in [1.807, 2.05) is 54.6 Å². The fourth-order valence-electron chi connectivity index (χ4n) is 5.30. The maximum Gasteiger partial charge on any atom is 0.342 e. The topological polar surface area (TPSA) is 43.4 Å². The number of carbonyl (C=O) groups is 2. The summed E-state index contributed by atoms with van der Waals surface area (Å²) in [7, 11) is 0. The molecule has 4 heteroatoms. The van der Waals surface area contributed by atoms with Gasteiger partial charge >= 0.3 is 5.97 Å². The molecule has 3 aromatic rings. The van der Waals surface area contributed by atoms with Crippen LogP contribution in [0.25, 0.3) is 0 Å². The zero-order valence-electron chi connectivity index (χ0n) is 20.1. The molecule has 1 aliphatic rings. The van der Waals surface area contributed by atoms with Crippen molar-refractivity contribution in [1.29, 1.82) is 0 Å². The molecule has 0 radical (unpaired) electrons. The zero-order valence-corrected chi connectivity index (χ0v) is 21.0. The van der Waals surface area contributed by atoms with Gasteiger partial charge in [-0.3, -0.25) is 4.79 Å². The first-order chi connectivity index (χ1) is 16.5. The molecular formula is C30H33O3P. The van der Waals surface area contributed by atoms with Crippen LogP contribution in [0.5, 0.6) is 0 Å². The van der Waals surface area contributed by atoms with Crippen LogP contribution in [0.15, 0.2) is 91.0 Å². The minimum atomic E-state index is -2.80. The van der Waals surface area contributed by atoms with Crippen LogP contribution in [0.2, 0.25) is 0 Å². The Morgan fingerprint density at radius 3 is 1.56 bits per heavy atom. The third kappa shape index (κ3) is 4.68. The molecule has 0 atom stereocenters. The number of hydrogen-bond donors (Lipinski definition) is 0. The highest BCUT2D eigenvalue weighted by Crippen LogP contribution is 2.48. The van der Waals surface area contributed by atoms with Crippen molar-refractivity contribution in [3.8, 4) is 0 Å². The van der Waals surface area contributed by atoms with E-state index in [1.54, 1.807) is 6.92 Å². The van der Waals surface area contributed by atoms with Crippen LogP contribution in [0.3, 0.4) is 0 Å². The van der Waals surface area contributed by atoms with Gasteiger partial charge < -0.3 is 4.74 Å². The van der Waals surface area contributed by atoms with Crippen molar-refractivity contribution in [1.82, 2.24) is 0 Å². The van der Waals surface area contributed by atoms with E-state index in [9.17, 15) is 9.59 Å². The third-order valence-corrected chi connectivity index (χ3v) is 11.2. The molecule has 0 bridgehead atoms. The Labute approximate surface area is 203 Å². The van der Waals surface area contributed by atoms with Gasteiger partial charge in [0.2, 0.25) is 0 Å². The summed E-state index contributed by atoms with van der Waals surface area (Å²) in [5, 5.41) is 3.27. The Morgan fingerprint density at radius 1 is 0.765 bits per heavy atom. The summed E-state index contributed by atoms with van der Waals surface area (Å²) in [6, 6.07) is 30.2. The van der Waals surface area contributed by atoms with Gasteiger partial charge in [-0.15, -0.1) is 0 Å². The second kappa shape index (κ2) is 10.6. The lowest BCUT2D eigenvalue weighted by Gasteiger charge is -2.32. The summed E-state index contributed by atoms with van der Waals surface area (Å²) in [6.45, 7) is 1.41. The van der Waals surface area contributed by atoms with Crippen molar-refractivity contribution in [3.05, 3.63) is 91.0 Å². The molecule has 0 spiro atoms. The van der Waals surface area contributed by atoms with E-state index in [0.29, 0.717) is 11.7 Å². The number of carbonyl (C=O) groups excluding carboxylic acids is 2. The summed E-state index contributed by atoms with van der Waals surface area (Å²) in [5.41, 5.74) is -0.0748. The summed E-state index contributed by atoms with van der Waals surface area (Å²) < 4.78 is 5.62. The molecule has 3 aromatic carbocycles. The first kappa shape index (κ1) is 24.2. The SMILES string of the molecule is CCOC(=O)C(C(=O)CC1(C)CCCC1)=P(c1ccccc1)(c1ccccc1)c1ccccc1. The fraction of sp³-hybridized carbons (Fsp3) is 0.300. The Kier molecular flexibility index (Phi) is 7.54. The van der Waals surface area contributed by atoms with Gasteiger partial charge in [0.15, 0.2) is 5.78 Å². The van der Waals surface area contributed by atoms with E-state index < -0.39 is 12.9 Å². The predicted octanol–water partition coefficient (Wildman–Crippen LogP) is 5.26. The highest BCUT2D eigenvalue weighted by atomic mass is 31.2. The van der Waals surface area contributed by atoms with Crippen LogP contribution in [0.4, 0.5) is 0 Å². The molecule has 1 saturated carbocycles. The molecule has 0 aliphatic heterocycles. The number of Topliss-reactive ketones (excluding diaryl/α,β-unsaturated/α-hetero) is 1. The van der Waals surface area contributed by atoms with E-state index in [-0.39, 0.29) is 17.8 Å². The van der Waals surface area contributed by atoms with Gasteiger partial charge in [-0.05, 0) is 48.0 Å². The van der Waals surface area contributed by atoms with E-state index >= 15 is 0 Å². The first-order valence-electron chi connectivity index (χ1n) is 12.1. The summed E-state index contributed by atoms with van der Waals surface area (Å²) in [4.78, 5) is 28.1. The molecule has 1 aliphatic carbocycles. The molecule has 0 unspecified atom stereocenters. The largest absolute Gasteiger partial charge is 0.462 e. The number of benzene rings is 3. The maximum absolute atomic E-state index is 14.3. The highest BCUT2D eigenvalue weighted by Gasteiger charge is 2.40. The van der Waals surface area contributed by atoms with Crippen LogP contribution in [0, 0.1) is 5.41 Å². The fourth-order valence-corrected chi connectivity index (χ4v) is 9.62. The Balaban J connectivity index is 2.14. The van der Waals surface area contributed by atoms with Crippen molar-refractivity contribution in [3.63, 3.8) is 0 Å². The molecule has 34 heavy (non-hydrogen) atoms. The Hall–Kier alpha value is -2.90. The smallest absolute Gasteiger partial charge is 0.342 e. The van der Waals surface area contributed by atoms with Crippen molar-refractivity contribution in [2.75, 3.05) is 6.61 Å². The molecule has 0 amide bonds.